The lowest BCUT2D eigenvalue weighted by atomic mass is 9.49. The Hall–Kier alpha value is -12.4. The van der Waals surface area contributed by atoms with E-state index in [1.807, 2.05) is 58.3 Å². The van der Waals surface area contributed by atoms with Gasteiger partial charge in [0, 0.05) is 124 Å². The Labute approximate surface area is 690 Å². The summed E-state index contributed by atoms with van der Waals surface area (Å²) in [5.74, 6) is 0.445. The van der Waals surface area contributed by atoms with E-state index in [4.69, 9.17) is 34.9 Å². The number of nitrogens with one attached hydrogen (secondary N) is 6. The van der Waals surface area contributed by atoms with Crippen molar-refractivity contribution in [3.63, 3.8) is 0 Å². The van der Waals surface area contributed by atoms with Gasteiger partial charge in [-0.1, -0.05) is 94.1 Å². The van der Waals surface area contributed by atoms with Gasteiger partial charge in [-0.15, -0.1) is 0 Å². The SMILES string of the molecule is CCC(C)CC(=O)N1CCc2nc(C(=O)NO)ccc2C1.O=C(NO)c1ccc2c(n1)CCN(C(=O)NC1CCCCC1)C2.O=C(NO)c1ccc2c(n1)CCN(C(=O)c1cc3ccccc3o1)C2.O=C(NO)c1cnc2c(c1)CCN(C(=O)C13CC4CC(CC(C4)C1)C3)C2.O=C(NO)c1cnc2c(c1)CCN(C(=O)c1cc3ccccc3o1)C2. The zero-order valence-corrected chi connectivity index (χ0v) is 66.8. The average Bonchev–Trinajstić information content (AvgIpc) is 1.60. The molecule has 5 fully saturated rings. The summed E-state index contributed by atoms with van der Waals surface area (Å²) in [5.41, 5.74) is 19.1. The van der Waals surface area contributed by atoms with Crippen molar-refractivity contribution in [1.29, 1.82) is 0 Å². The maximum atomic E-state index is 13.5. The van der Waals surface area contributed by atoms with Crippen molar-refractivity contribution in [1.82, 2.24) is 82.1 Å². The van der Waals surface area contributed by atoms with Crippen LogP contribution in [0.5, 0.6) is 0 Å². The first-order chi connectivity index (χ1) is 58.1. The van der Waals surface area contributed by atoms with Crippen LogP contribution in [0.1, 0.15) is 227 Å². The molecule has 10 aliphatic rings. The molecular weight excluding hydrogens is 1540 g/mol. The largest absolute Gasteiger partial charge is 0.451 e. The molecule has 7 aromatic heterocycles. The Bertz CT molecular complexity index is 5110. The van der Waals surface area contributed by atoms with Crippen LogP contribution in [-0.2, 0) is 74.4 Å². The van der Waals surface area contributed by atoms with Crippen LogP contribution in [-0.4, -0.2) is 173 Å². The normalized spacial score (nSPS) is 19.3. The van der Waals surface area contributed by atoms with Crippen molar-refractivity contribution in [3.05, 3.63) is 218 Å². The molecule has 2 aromatic carbocycles. The molecule has 0 radical (unpaired) electrons. The number of hydroxylamine groups is 5. The van der Waals surface area contributed by atoms with E-state index in [1.54, 1.807) is 96.7 Å². The maximum Gasteiger partial charge on any atom is 0.317 e. The number of aromatic nitrogens is 5. The van der Waals surface area contributed by atoms with Gasteiger partial charge in [0.05, 0.1) is 41.0 Å². The van der Waals surface area contributed by atoms with Gasteiger partial charge in [0.15, 0.2) is 11.5 Å². The van der Waals surface area contributed by atoms with Gasteiger partial charge >= 0.3 is 6.03 Å². The zero-order valence-electron chi connectivity index (χ0n) is 66.8. The van der Waals surface area contributed by atoms with E-state index in [0.29, 0.717) is 156 Å². The molecule has 4 bridgehead atoms. The highest BCUT2D eigenvalue weighted by atomic mass is 16.5. The zero-order chi connectivity index (χ0) is 84.3. The van der Waals surface area contributed by atoms with Crippen molar-refractivity contribution >= 4 is 81.1 Å². The molecular formula is C87H98N16O17. The number of rotatable bonds is 12. The van der Waals surface area contributed by atoms with Crippen LogP contribution in [0.25, 0.3) is 21.9 Å². The third-order valence-corrected chi connectivity index (χ3v) is 24.4. The fraction of sp³-hybridized carbons (Fsp3) is 0.414. The molecule has 33 heteroatoms. The van der Waals surface area contributed by atoms with Crippen LogP contribution in [0, 0.1) is 29.1 Å². The fourth-order valence-corrected chi connectivity index (χ4v) is 18.2. The summed E-state index contributed by atoms with van der Waals surface area (Å²) < 4.78 is 11.3. The van der Waals surface area contributed by atoms with Crippen molar-refractivity contribution in [2.24, 2.45) is 29.1 Å². The predicted octanol–water partition coefficient (Wildman–Crippen LogP) is 9.71. The molecule has 628 valence electrons. The topological polar surface area (TPSA) is 451 Å². The van der Waals surface area contributed by atoms with Gasteiger partial charge in [-0.25, -0.2) is 47.1 Å². The standard InChI is InChI=1S/C20H25N3O3.2C18H15N3O4.C16H22N4O3.C15H21N3O3/c24-18(22-26)16-6-15-1-2-23(11-17(15)21-10-16)19(25)20-7-12-3-13(8-20)5-14(4-12)9-20;22-17(20-24)13-7-11-5-6-21(10-14(11)19-9-13)18(23)16-8-12-3-1-2-4-15(12)25-16;22-17(20-24)14-6-5-12-10-21(8-7-13(12)19-14)18(23)16-9-11-3-1-2-4-15(11)25-16;21-15(19-23)14-7-6-11-10-20(9-8-13(11)18-14)16(22)17-12-4-2-1-3-5-12;1-3-10(2)8-14(19)18-7-6-12-11(9-18)4-5-13(16-12)15(20)17-21/h6,10,12-14,26H,1-5,7-9,11H2,(H,22,24);1-4,7-9,24H,5-6,10H2,(H,20,22);1-6,9,24H,7-8,10H2,(H,20,22);6-7,12,23H,1-5,8-10H2,(H,17,22)(H,19,21);4-5,10,21H,3,6-9H2,1-2H3,(H,17,20). The second kappa shape index (κ2) is 37.7. The van der Waals surface area contributed by atoms with E-state index < -0.39 is 29.5 Å². The van der Waals surface area contributed by atoms with Crippen LogP contribution >= 0.6 is 0 Å². The molecule has 5 saturated carbocycles. The molecule has 1 unspecified atom stereocenters. The Morgan fingerprint density at radius 2 is 0.850 bits per heavy atom. The molecule has 0 saturated heterocycles. The van der Waals surface area contributed by atoms with Gasteiger partial charge in [-0.3, -0.25) is 79.2 Å². The van der Waals surface area contributed by atoms with Crippen molar-refractivity contribution < 1.29 is 82.8 Å². The summed E-state index contributed by atoms with van der Waals surface area (Å²) in [6.07, 6.45) is 20.6. The highest BCUT2D eigenvalue weighted by Crippen LogP contribution is 2.61. The molecule has 5 aliphatic carbocycles. The first-order valence-corrected chi connectivity index (χ1v) is 40.9. The lowest BCUT2D eigenvalue weighted by Gasteiger charge is -2.56. The second-order valence-corrected chi connectivity index (χ2v) is 32.4. The number of hydrogen-bond acceptors (Lipinski definition) is 22. The van der Waals surface area contributed by atoms with Crippen molar-refractivity contribution in [2.75, 3.05) is 32.7 Å². The lowest BCUT2D eigenvalue weighted by Crippen LogP contribution is -2.55. The molecule has 11 amide bonds. The number of carbonyl (C=O) groups excluding carboxylic acids is 10. The molecule has 12 heterocycles. The number of hydrogen-bond donors (Lipinski definition) is 11. The van der Waals surface area contributed by atoms with Crippen LogP contribution in [0.15, 0.2) is 130 Å². The summed E-state index contributed by atoms with van der Waals surface area (Å²) in [4.78, 5) is 151. The fourth-order valence-electron chi connectivity index (χ4n) is 18.2. The number of amides is 11. The lowest BCUT2D eigenvalue weighted by molar-refractivity contribution is -0.158. The summed E-state index contributed by atoms with van der Waals surface area (Å²) in [5, 5.41) is 48.4. The molecule has 9 aromatic rings. The van der Waals surface area contributed by atoms with E-state index in [2.05, 4.69) is 44.1 Å². The maximum absolute atomic E-state index is 13.5. The first kappa shape index (κ1) is 84.0. The Kier molecular flexibility index (Phi) is 26.4. The van der Waals surface area contributed by atoms with E-state index in [-0.39, 0.29) is 46.2 Å². The number of pyridine rings is 5. The highest BCUT2D eigenvalue weighted by molar-refractivity contribution is 5.98. The number of nitrogens with zero attached hydrogens (tertiary/aromatic N) is 10. The molecule has 120 heavy (non-hydrogen) atoms. The van der Waals surface area contributed by atoms with E-state index >= 15 is 0 Å². The van der Waals surface area contributed by atoms with Crippen LogP contribution in [0.4, 0.5) is 4.79 Å². The van der Waals surface area contributed by atoms with Crippen LogP contribution in [0.2, 0.25) is 0 Å². The quantitative estimate of drug-likeness (QED) is 0.0400. The van der Waals surface area contributed by atoms with Gasteiger partial charge in [0.25, 0.3) is 41.4 Å². The predicted molar refractivity (Wildman–Crippen MR) is 429 cm³/mol. The third kappa shape index (κ3) is 19.3. The average molecular weight is 1640 g/mol. The van der Waals surface area contributed by atoms with Gasteiger partial charge in [-0.2, -0.15) is 0 Å². The number of fused-ring (bicyclic) bond motifs is 7. The second-order valence-electron chi connectivity index (χ2n) is 32.4. The molecule has 33 nitrogen and oxygen atoms in total. The molecule has 5 aliphatic heterocycles. The van der Waals surface area contributed by atoms with Gasteiger partial charge in [0.2, 0.25) is 11.8 Å². The van der Waals surface area contributed by atoms with Gasteiger partial charge in [-0.05, 0) is 170 Å². The summed E-state index contributed by atoms with van der Waals surface area (Å²) in [7, 11) is 0. The molecule has 19 rings (SSSR count). The molecule has 1 atom stereocenters. The highest BCUT2D eigenvalue weighted by Gasteiger charge is 2.56. The minimum Gasteiger partial charge on any atom is -0.451 e. The monoisotopic (exact) mass is 1640 g/mol. The van der Waals surface area contributed by atoms with Gasteiger partial charge < -0.3 is 38.7 Å². The Balaban J connectivity index is 0.000000123. The number of urea groups is 1. The number of carbonyl (C=O) groups is 10. The van der Waals surface area contributed by atoms with Crippen molar-refractivity contribution in [3.8, 4) is 0 Å². The molecule has 0 spiro atoms. The third-order valence-electron chi connectivity index (χ3n) is 24.4. The smallest absolute Gasteiger partial charge is 0.317 e. The Morgan fingerprint density at radius 1 is 0.450 bits per heavy atom. The van der Waals surface area contributed by atoms with Gasteiger partial charge in [0.1, 0.15) is 28.2 Å². The minimum absolute atomic E-state index is 0.0141. The van der Waals surface area contributed by atoms with Crippen LogP contribution in [0.3, 0.4) is 0 Å². The van der Waals surface area contributed by atoms with Crippen molar-refractivity contribution in [2.45, 2.75) is 168 Å². The summed E-state index contributed by atoms with van der Waals surface area (Å²) >= 11 is 0. The number of furan rings is 2. The summed E-state index contributed by atoms with van der Waals surface area (Å²) in [6.45, 7) is 9.40. The Morgan fingerprint density at radius 3 is 1.30 bits per heavy atom. The first-order valence-electron chi connectivity index (χ1n) is 40.9. The number of benzene rings is 2. The van der Waals surface area contributed by atoms with E-state index in [1.165, 1.54) is 57.0 Å². The molecule has 11 N–H and O–H groups in total. The van der Waals surface area contributed by atoms with E-state index in [9.17, 15) is 47.9 Å². The number of para-hydroxylation sites is 2. The summed E-state index contributed by atoms with van der Waals surface area (Å²) in [6, 6.07) is 32.2. The van der Waals surface area contributed by atoms with E-state index in [0.717, 1.165) is 123 Å². The minimum atomic E-state index is -0.649. The van der Waals surface area contributed by atoms with Crippen LogP contribution < -0.4 is 32.7 Å².